The fourth-order valence-corrected chi connectivity index (χ4v) is 3.72. The maximum Gasteiger partial charge on any atom is 0.238 e. The van der Waals surface area contributed by atoms with Gasteiger partial charge in [-0.2, -0.15) is 0 Å². The van der Waals surface area contributed by atoms with E-state index in [2.05, 4.69) is 15.6 Å². The maximum atomic E-state index is 12.4. The number of carbonyl (C=O) groups excluding carboxylic acids is 2. The summed E-state index contributed by atoms with van der Waals surface area (Å²) in [6.45, 7) is 2.24. The molecule has 2 N–H and O–H groups in total. The molecule has 1 aromatic heterocycles. The van der Waals surface area contributed by atoms with Crippen LogP contribution >= 0.6 is 11.8 Å². The quantitative estimate of drug-likeness (QED) is 0.494. The predicted octanol–water partition coefficient (Wildman–Crippen LogP) is 4.19. The van der Waals surface area contributed by atoms with Crippen LogP contribution in [0.5, 0.6) is 0 Å². The largest absolute Gasteiger partial charge is 0.325 e. The van der Waals surface area contributed by atoms with Gasteiger partial charge in [-0.15, -0.1) is 11.8 Å². The van der Waals surface area contributed by atoms with E-state index in [9.17, 15) is 9.59 Å². The SMILES string of the molecule is Cc1ccc(NC(=O)CN(C)CC(=O)Nc2cccc(CSc3ccccn3)c2)cc1. The van der Waals surface area contributed by atoms with Gasteiger partial charge in [0.1, 0.15) is 0 Å². The molecule has 0 aliphatic carbocycles. The molecule has 0 saturated carbocycles. The number of aryl methyl sites for hydroxylation is 1. The Hall–Kier alpha value is -3.16. The number of pyridine rings is 1. The topological polar surface area (TPSA) is 74.3 Å². The summed E-state index contributed by atoms with van der Waals surface area (Å²) in [5.41, 5.74) is 3.71. The van der Waals surface area contributed by atoms with E-state index in [0.717, 1.165) is 33.3 Å². The molecule has 31 heavy (non-hydrogen) atoms. The van der Waals surface area contributed by atoms with Gasteiger partial charge in [-0.25, -0.2) is 4.98 Å². The normalized spacial score (nSPS) is 10.7. The summed E-state index contributed by atoms with van der Waals surface area (Å²) >= 11 is 1.64. The monoisotopic (exact) mass is 434 g/mol. The number of hydrogen-bond donors (Lipinski definition) is 2. The third-order valence-electron chi connectivity index (χ3n) is 4.40. The van der Waals surface area contributed by atoms with Crippen LogP contribution in [0.1, 0.15) is 11.1 Å². The predicted molar refractivity (Wildman–Crippen MR) is 126 cm³/mol. The number of hydrogen-bond acceptors (Lipinski definition) is 5. The van der Waals surface area contributed by atoms with Crippen LogP contribution in [0.25, 0.3) is 0 Å². The summed E-state index contributed by atoms with van der Waals surface area (Å²) in [5.74, 6) is 0.438. The van der Waals surface area contributed by atoms with Gasteiger partial charge in [-0.3, -0.25) is 14.5 Å². The Morgan fingerprint density at radius 3 is 2.29 bits per heavy atom. The fraction of sp³-hybridized carbons (Fsp3) is 0.208. The molecule has 0 unspecified atom stereocenters. The summed E-state index contributed by atoms with van der Waals surface area (Å²) in [5, 5.41) is 6.70. The van der Waals surface area contributed by atoms with Crippen molar-refractivity contribution in [3.05, 3.63) is 84.1 Å². The van der Waals surface area contributed by atoms with E-state index in [-0.39, 0.29) is 24.9 Å². The van der Waals surface area contributed by atoms with Crippen molar-refractivity contribution in [3.8, 4) is 0 Å². The Labute approximate surface area is 187 Å². The van der Waals surface area contributed by atoms with Gasteiger partial charge in [-0.1, -0.05) is 35.9 Å². The summed E-state index contributed by atoms with van der Waals surface area (Å²) in [7, 11) is 1.74. The van der Waals surface area contributed by atoms with E-state index in [4.69, 9.17) is 0 Å². The number of nitrogens with one attached hydrogen (secondary N) is 2. The van der Waals surface area contributed by atoms with E-state index in [1.807, 2.05) is 73.7 Å². The first-order valence-electron chi connectivity index (χ1n) is 9.95. The average molecular weight is 435 g/mol. The zero-order chi connectivity index (χ0) is 22.1. The van der Waals surface area contributed by atoms with Gasteiger partial charge in [0, 0.05) is 23.3 Å². The Morgan fingerprint density at radius 2 is 1.61 bits per heavy atom. The second-order valence-electron chi connectivity index (χ2n) is 7.29. The van der Waals surface area contributed by atoms with E-state index in [1.165, 1.54) is 0 Å². The number of likely N-dealkylation sites (N-methyl/N-ethyl adjacent to an activating group) is 1. The van der Waals surface area contributed by atoms with Gasteiger partial charge in [0.25, 0.3) is 0 Å². The molecule has 0 bridgehead atoms. The highest BCUT2D eigenvalue weighted by molar-refractivity contribution is 7.98. The van der Waals surface area contributed by atoms with Gasteiger partial charge in [0.05, 0.1) is 18.1 Å². The lowest BCUT2D eigenvalue weighted by atomic mass is 10.2. The molecule has 160 valence electrons. The zero-order valence-electron chi connectivity index (χ0n) is 17.7. The van der Waals surface area contributed by atoms with E-state index in [0.29, 0.717) is 0 Å². The minimum atomic E-state index is -0.167. The summed E-state index contributed by atoms with van der Waals surface area (Å²) in [4.78, 5) is 30.6. The van der Waals surface area contributed by atoms with Crippen molar-refractivity contribution in [2.24, 2.45) is 0 Å². The third kappa shape index (κ3) is 7.88. The maximum absolute atomic E-state index is 12.4. The van der Waals surface area contributed by atoms with Crippen molar-refractivity contribution >= 4 is 35.0 Å². The van der Waals surface area contributed by atoms with Gasteiger partial charge in [0.2, 0.25) is 11.8 Å². The molecule has 0 atom stereocenters. The number of aromatic nitrogens is 1. The van der Waals surface area contributed by atoms with Gasteiger partial charge >= 0.3 is 0 Å². The van der Waals surface area contributed by atoms with Crippen LogP contribution < -0.4 is 10.6 Å². The number of anilines is 2. The van der Waals surface area contributed by atoms with E-state index >= 15 is 0 Å². The summed E-state index contributed by atoms with van der Waals surface area (Å²) < 4.78 is 0. The number of rotatable bonds is 9. The molecule has 0 fully saturated rings. The fourth-order valence-electron chi connectivity index (χ4n) is 2.91. The van der Waals surface area contributed by atoms with E-state index < -0.39 is 0 Å². The lowest BCUT2D eigenvalue weighted by molar-refractivity contribution is -0.119. The molecule has 3 rings (SSSR count). The molecule has 0 radical (unpaired) electrons. The van der Waals surface area contributed by atoms with Crippen molar-refractivity contribution in [2.45, 2.75) is 17.7 Å². The Bertz CT molecular complexity index is 1010. The Balaban J connectivity index is 1.45. The standard InChI is InChI=1S/C24H26N4O2S/c1-18-9-11-20(12-10-18)26-22(29)15-28(2)16-23(30)27-21-7-5-6-19(14-21)17-31-24-8-3-4-13-25-24/h3-14H,15-17H2,1-2H3,(H,26,29)(H,27,30). The van der Waals surface area contributed by atoms with Crippen LogP contribution in [0.2, 0.25) is 0 Å². The van der Waals surface area contributed by atoms with Crippen LogP contribution in [-0.4, -0.2) is 41.8 Å². The van der Waals surface area contributed by atoms with Gasteiger partial charge in [-0.05, 0) is 55.9 Å². The molecule has 0 aliphatic rings. The van der Waals surface area contributed by atoms with Crippen LogP contribution in [-0.2, 0) is 15.3 Å². The van der Waals surface area contributed by atoms with Crippen molar-refractivity contribution in [2.75, 3.05) is 30.8 Å². The molecule has 0 spiro atoms. The Morgan fingerprint density at radius 1 is 0.903 bits per heavy atom. The molecule has 7 heteroatoms. The van der Waals surface area contributed by atoms with Crippen LogP contribution in [0.4, 0.5) is 11.4 Å². The molecular formula is C24H26N4O2S. The first-order valence-corrected chi connectivity index (χ1v) is 10.9. The molecule has 2 amide bonds. The van der Waals surface area contributed by atoms with Crippen LogP contribution in [0.3, 0.4) is 0 Å². The average Bonchev–Trinajstić information content (AvgIpc) is 2.74. The van der Waals surface area contributed by atoms with Gasteiger partial charge in [0.15, 0.2) is 0 Å². The first-order chi connectivity index (χ1) is 15.0. The van der Waals surface area contributed by atoms with Crippen LogP contribution in [0.15, 0.2) is 78.0 Å². The summed E-state index contributed by atoms with van der Waals surface area (Å²) in [6.07, 6.45) is 1.77. The lowest BCUT2D eigenvalue weighted by Crippen LogP contribution is -2.36. The molecule has 0 aliphatic heterocycles. The molecule has 0 saturated heterocycles. The molecule has 6 nitrogen and oxygen atoms in total. The molecular weight excluding hydrogens is 408 g/mol. The number of nitrogens with zero attached hydrogens (tertiary/aromatic N) is 2. The second-order valence-corrected chi connectivity index (χ2v) is 8.29. The minimum Gasteiger partial charge on any atom is -0.325 e. The second kappa shape index (κ2) is 11.3. The molecule has 3 aromatic rings. The number of amides is 2. The highest BCUT2D eigenvalue weighted by Gasteiger charge is 2.11. The zero-order valence-corrected chi connectivity index (χ0v) is 18.5. The van der Waals surface area contributed by atoms with Crippen molar-refractivity contribution in [1.82, 2.24) is 9.88 Å². The highest BCUT2D eigenvalue weighted by atomic mass is 32.2. The highest BCUT2D eigenvalue weighted by Crippen LogP contribution is 2.22. The number of benzene rings is 2. The minimum absolute atomic E-state index is 0.119. The number of carbonyl (C=O) groups is 2. The first kappa shape index (κ1) is 22.5. The lowest BCUT2D eigenvalue weighted by Gasteiger charge is -2.16. The van der Waals surface area contributed by atoms with Crippen molar-refractivity contribution in [3.63, 3.8) is 0 Å². The smallest absolute Gasteiger partial charge is 0.238 e. The van der Waals surface area contributed by atoms with Gasteiger partial charge < -0.3 is 10.6 Å². The Kier molecular flexibility index (Phi) is 8.20. The number of thioether (sulfide) groups is 1. The third-order valence-corrected chi connectivity index (χ3v) is 5.41. The van der Waals surface area contributed by atoms with E-state index in [1.54, 1.807) is 29.9 Å². The summed E-state index contributed by atoms with van der Waals surface area (Å²) in [6, 6.07) is 21.2. The van der Waals surface area contributed by atoms with Crippen LogP contribution in [0, 0.1) is 6.92 Å². The molecule has 2 aromatic carbocycles. The van der Waals surface area contributed by atoms with Crippen molar-refractivity contribution < 1.29 is 9.59 Å². The molecule has 1 heterocycles. The van der Waals surface area contributed by atoms with Crippen molar-refractivity contribution in [1.29, 1.82) is 0 Å².